The molecular weight excluding hydrogens is 266 g/mol. The molecule has 1 aromatic rings. The molecule has 4 nitrogen and oxygen atoms in total. The van der Waals surface area contributed by atoms with Crippen molar-refractivity contribution in [3.8, 4) is 5.75 Å². The van der Waals surface area contributed by atoms with Gasteiger partial charge in [-0.25, -0.2) is 0 Å². The van der Waals surface area contributed by atoms with Crippen LogP contribution in [0.15, 0.2) is 24.3 Å². The SMILES string of the molecule is CCC(CC)N(CCO)C(=O)CCOc1ccc(C)cc1. The molecule has 0 aromatic heterocycles. The molecule has 118 valence electrons. The van der Waals surface area contributed by atoms with Crippen LogP contribution >= 0.6 is 0 Å². The minimum atomic E-state index is 0.00105. The lowest BCUT2D eigenvalue weighted by Crippen LogP contribution is -2.42. The Morgan fingerprint density at radius 3 is 2.38 bits per heavy atom. The lowest BCUT2D eigenvalue weighted by atomic mass is 10.1. The van der Waals surface area contributed by atoms with E-state index in [4.69, 9.17) is 9.84 Å². The summed E-state index contributed by atoms with van der Waals surface area (Å²) in [4.78, 5) is 14.0. The molecule has 0 bridgehead atoms. The van der Waals surface area contributed by atoms with Crippen molar-refractivity contribution >= 4 is 5.91 Å². The zero-order valence-electron chi connectivity index (χ0n) is 13.3. The number of amides is 1. The smallest absolute Gasteiger partial charge is 0.226 e. The number of hydrogen-bond acceptors (Lipinski definition) is 3. The minimum Gasteiger partial charge on any atom is -0.493 e. The maximum Gasteiger partial charge on any atom is 0.226 e. The third-order valence-corrected chi connectivity index (χ3v) is 3.65. The Hall–Kier alpha value is -1.55. The Kier molecular flexibility index (Phi) is 7.83. The monoisotopic (exact) mass is 293 g/mol. The van der Waals surface area contributed by atoms with E-state index in [0.29, 0.717) is 19.6 Å². The molecule has 0 atom stereocenters. The van der Waals surface area contributed by atoms with Gasteiger partial charge in [-0.05, 0) is 31.9 Å². The number of aliphatic hydroxyl groups is 1. The summed E-state index contributed by atoms with van der Waals surface area (Å²) >= 11 is 0. The van der Waals surface area contributed by atoms with Gasteiger partial charge in [-0.3, -0.25) is 4.79 Å². The zero-order chi connectivity index (χ0) is 15.7. The van der Waals surface area contributed by atoms with Gasteiger partial charge in [0.05, 0.1) is 19.6 Å². The predicted molar refractivity (Wildman–Crippen MR) is 84.5 cm³/mol. The second kappa shape index (κ2) is 9.40. The Labute approximate surface area is 127 Å². The molecule has 0 saturated heterocycles. The lowest BCUT2D eigenvalue weighted by Gasteiger charge is -2.30. The van der Waals surface area contributed by atoms with Crippen molar-refractivity contribution in [3.05, 3.63) is 29.8 Å². The zero-order valence-corrected chi connectivity index (χ0v) is 13.3. The quantitative estimate of drug-likeness (QED) is 0.761. The van der Waals surface area contributed by atoms with Crippen LogP contribution in [0, 0.1) is 6.92 Å². The second-order valence-corrected chi connectivity index (χ2v) is 5.19. The molecule has 0 radical (unpaired) electrons. The molecule has 0 unspecified atom stereocenters. The van der Waals surface area contributed by atoms with Gasteiger partial charge in [-0.1, -0.05) is 31.5 Å². The molecule has 0 saturated carbocycles. The topological polar surface area (TPSA) is 49.8 Å². The van der Waals surface area contributed by atoms with Crippen LogP contribution in [0.5, 0.6) is 5.75 Å². The maximum absolute atomic E-state index is 12.3. The maximum atomic E-state index is 12.3. The third-order valence-electron chi connectivity index (χ3n) is 3.65. The van der Waals surface area contributed by atoms with Gasteiger partial charge in [0.25, 0.3) is 0 Å². The normalized spacial score (nSPS) is 10.7. The molecular formula is C17H27NO3. The number of benzene rings is 1. The summed E-state index contributed by atoms with van der Waals surface area (Å²) in [7, 11) is 0. The molecule has 0 spiro atoms. The summed E-state index contributed by atoms with van der Waals surface area (Å²) in [5.41, 5.74) is 1.18. The first-order valence-electron chi connectivity index (χ1n) is 7.72. The van der Waals surface area contributed by atoms with Crippen molar-refractivity contribution < 1.29 is 14.6 Å². The van der Waals surface area contributed by atoms with E-state index in [9.17, 15) is 4.79 Å². The van der Waals surface area contributed by atoms with Gasteiger partial charge in [0.15, 0.2) is 0 Å². The van der Waals surface area contributed by atoms with E-state index in [1.807, 2.05) is 31.2 Å². The van der Waals surface area contributed by atoms with Crippen molar-refractivity contribution in [2.75, 3.05) is 19.8 Å². The standard InChI is InChI=1S/C17H27NO3/c1-4-15(5-2)18(11-12-19)17(20)10-13-21-16-8-6-14(3)7-9-16/h6-9,15,19H,4-5,10-13H2,1-3H3. The number of aryl methyl sites for hydroxylation is 1. The van der Waals surface area contributed by atoms with Crippen LogP contribution in [-0.2, 0) is 4.79 Å². The van der Waals surface area contributed by atoms with Gasteiger partial charge >= 0.3 is 0 Å². The van der Waals surface area contributed by atoms with Crippen LogP contribution in [0.3, 0.4) is 0 Å². The third kappa shape index (κ3) is 5.76. The van der Waals surface area contributed by atoms with Crippen LogP contribution in [0.25, 0.3) is 0 Å². The van der Waals surface area contributed by atoms with Gasteiger partial charge in [0, 0.05) is 12.6 Å². The Balaban J connectivity index is 2.47. The van der Waals surface area contributed by atoms with E-state index in [2.05, 4.69) is 13.8 Å². The largest absolute Gasteiger partial charge is 0.493 e. The number of carbonyl (C=O) groups is 1. The second-order valence-electron chi connectivity index (χ2n) is 5.19. The molecule has 21 heavy (non-hydrogen) atoms. The van der Waals surface area contributed by atoms with Crippen LogP contribution in [0.1, 0.15) is 38.7 Å². The average Bonchev–Trinajstić information content (AvgIpc) is 2.49. The molecule has 1 amide bonds. The molecule has 1 N–H and O–H groups in total. The van der Waals surface area contributed by atoms with Crippen LogP contribution in [0.4, 0.5) is 0 Å². The van der Waals surface area contributed by atoms with Crippen LogP contribution in [0.2, 0.25) is 0 Å². The Morgan fingerprint density at radius 1 is 1.24 bits per heavy atom. The summed E-state index contributed by atoms with van der Waals surface area (Å²) in [6.07, 6.45) is 2.15. The highest BCUT2D eigenvalue weighted by molar-refractivity contribution is 5.76. The van der Waals surface area contributed by atoms with Crippen molar-refractivity contribution in [1.29, 1.82) is 0 Å². The number of ether oxygens (including phenoxy) is 1. The summed E-state index contributed by atoms with van der Waals surface area (Å²) in [6, 6.07) is 7.99. The first-order chi connectivity index (χ1) is 10.1. The first kappa shape index (κ1) is 17.5. The molecule has 4 heteroatoms. The van der Waals surface area contributed by atoms with E-state index in [0.717, 1.165) is 18.6 Å². The fraction of sp³-hybridized carbons (Fsp3) is 0.588. The van der Waals surface area contributed by atoms with E-state index in [1.54, 1.807) is 4.90 Å². The highest BCUT2D eigenvalue weighted by atomic mass is 16.5. The van der Waals surface area contributed by atoms with Gasteiger partial charge in [-0.2, -0.15) is 0 Å². The van der Waals surface area contributed by atoms with Crippen LogP contribution in [-0.4, -0.2) is 41.7 Å². The molecule has 0 heterocycles. The van der Waals surface area contributed by atoms with Gasteiger partial charge in [0.2, 0.25) is 5.91 Å². The highest BCUT2D eigenvalue weighted by Crippen LogP contribution is 2.13. The number of aliphatic hydroxyl groups excluding tert-OH is 1. The van der Waals surface area contributed by atoms with E-state index < -0.39 is 0 Å². The van der Waals surface area contributed by atoms with Crippen molar-refractivity contribution in [2.45, 2.75) is 46.1 Å². The lowest BCUT2D eigenvalue weighted by molar-refractivity contribution is -0.134. The summed E-state index contributed by atoms with van der Waals surface area (Å²) in [5.74, 6) is 0.828. The van der Waals surface area contributed by atoms with Gasteiger partial charge in [-0.15, -0.1) is 0 Å². The molecule has 1 rings (SSSR count). The van der Waals surface area contributed by atoms with Crippen molar-refractivity contribution in [2.24, 2.45) is 0 Å². The van der Waals surface area contributed by atoms with E-state index >= 15 is 0 Å². The van der Waals surface area contributed by atoms with E-state index in [-0.39, 0.29) is 18.6 Å². The summed E-state index contributed by atoms with van der Waals surface area (Å²) < 4.78 is 5.60. The molecule has 0 fully saturated rings. The van der Waals surface area contributed by atoms with Crippen molar-refractivity contribution in [1.82, 2.24) is 4.90 Å². The predicted octanol–water partition coefficient (Wildman–Crippen LogP) is 2.77. The summed E-state index contributed by atoms with van der Waals surface area (Å²) in [6.45, 7) is 6.92. The molecule has 1 aromatic carbocycles. The Morgan fingerprint density at radius 2 is 1.86 bits per heavy atom. The van der Waals surface area contributed by atoms with E-state index in [1.165, 1.54) is 5.56 Å². The van der Waals surface area contributed by atoms with Crippen LogP contribution < -0.4 is 4.74 Å². The minimum absolute atomic E-state index is 0.00105. The van der Waals surface area contributed by atoms with Crippen molar-refractivity contribution in [3.63, 3.8) is 0 Å². The van der Waals surface area contributed by atoms with Gasteiger partial charge < -0.3 is 14.7 Å². The summed E-state index contributed by atoms with van der Waals surface area (Å²) in [5, 5.41) is 9.13. The number of hydrogen-bond donors (Lipinski definition) is 1. The highest BCUT2D eigenvalue weighted by Gasteiger charge is 2.20. The molecule has 0 aliphatic heterocycles. The first-order valence-corrected chi connectivity index (χ1v) is 7.72. The molecule has 0 aliphatic rings. The number of nitrogens with zero attached hydrogens (tertiary/aromatic N) is 1. The number of rotatable bonds is 9. The average molecular weight is 293 g/mol. The fourth-order valence-electron chi connectivity index (χ4n) is 2.38. The fourth-order valence-corrected chi connectivity index (χ4v) is 2.38. The van der Waals surface area contributed by atoms with Gasteiger partial charge in [0.1, 0.15) is 5.75 Å². The molecule has 0 aliphatic carbocycles. The number of carbonyl (C=O) groups excluding carboxylic acids is 1. The Bertz CT molecular complexity index is 413.